The van der Waals surface area contributed by atoms with Gasteiger partial charge >= 0.3 is 17.5 Å². The van der Waals surface area contributed by atoms with Gasteiger partial charge in [0, 0.05) is 24.9 Å². The van der Waals surface area contributed by atoms with Crippen molar-refractivity contribution in [1.82, 2.24) is 9.80 Å². The van der Waals surface area contributed by atoms with E-state index in [1.807, 2.05) is 0 Å². The quantitative estimate of drug-likeness (QED) is 0.519. The largest absolute Gasteiger partial charge is 0.327 e. The molecule has 1 aliphatic heterocycles. The molecule has 1 saturated carbocycles. The first kappa shape index (κ1) is 11.8. The number of likely N-dealkylation sites (N-methyl/N-ethyl adjacent to an activating group) is 1. The molecule has 1 saturated heterocycles. The van der Waals surface area contributed by atoms with Crippen molar-refractivity contribution in [2.45, 2.75) is 44.3 Å². The van der Waals surface area contributed by atoms with Crippen LogP contribution in [-0.4, -0.2) is 51.3 Å². The van der Waals surface area contributed by atoms with Gasteiger partial charge in [-0.15, -0.1) is 0 Å². The van der Waals surface area contributed by atoms with E-state index in [4.69, 9.17) is 0 Å². The van der Waals surface area contributed by atoms with Crippen molar-refractivity contribution in [3.05, 3.63) is 10.1 Å². The maximum Gasteiger partial charge on any atom is 0.327 e. The first-order valence-corrected chi connectivity index (χ1v) is 5.56. The first-order chi connectivity index (χ1) is 7.81. The van der Waals surface area contributed by atoms with Crippen LogP contribution in [0.5, 0.6) is 0 Å². The Morgan fingerprint density at radius 3 is 2.35 bits per heavy atom. The summed E-state index contributed by atoms with van der Waals surface area (Å²) in [5.74, 6) is -0.739. The summed E-state index contributed by atoms with van der Waals surface area (Å²) in [5, 5.41) is 11.2. The van der Waals surface area contributed by atoms with Crippen molar-refractivity contribution >= 4 is 11.9 Å². The molecule has 0 aromatic heterocycles. The maximum absolute atomic E-state index is 11.9. The van der Waals surface area contributed by atoms with E-state index in [2.05, 4.69) is 0 Å². The van der Waals surface area contributed by atoms with Gasteiger partial charge in [0.25, 0.3) is 0 Å². The third-order valence-electron chi connectivity index (χ3n) is 3.80. The van der Waals surface area contributed by atoms with E-state index in [9.17, 15) is 19.7 Å². The number of urea groups is 1. The Morgan fingerprint density at radius 1 is 1.41 bits per heavy atom. The molecule has 0 N–H and O–H groups in total. The SMILES string of the molecule is CC1N(C2CC2)C(=O)N(C)C(=O)C1(C)[N+](=O)[O-]. The second-order valence-corrected chi connectivity index (χ2v) is 4.87. The van der Waals surface area contributed by atoms with Gasteiger partial charge in [0.1, 0.15) is 6.04 Å². The van der Waals surface area contributed by atoms with Gasteiger partial charge in [0.2, 0.25) is 0 Å². The van der Waals surface area contributed by atoms with Gasteiger partial charge in [-0.05, 0) is 19.8 Å². The van der Waals surface area contributed by atoms with Crippen LogP contribution in [0.15, 0.2) is 0 Å². The minimum atomic E-state index is -1.74. The van der Waals surface area contributed by atoms with Crippen LogP contribution >= 0.6 is 0 Å². The number of nitrogens with zero attached hydrogens (tertiary/aromatic N) is 3. The zero-order valence-electron chi connectivity index (χ0n) is 10.0. The molecule has 2 fully saturated rings. The highest BCUT2D eigenvalue weighted by atomic mass is 16.6. The van der Waals surface area contributed by atoms with Crippen molar-refractivity contribution in [2.75, 3.05) is 7.05 Å². The molecule has 0 aromatic carbocycles. The summed E-state index contributed by atoms with van der Waals surface area (Å²) in [6.45, 7) is 2.86. The molecule has 0 aromatic rings. The van der Waals surface area contributed by atoms with Crippen LogP contribution in [0.2, 0.25) is 0 Å². The van der Waals surface area contributed by atoms with Crippen molar-refractivity contribution in [2.24, 2.45) is 0 Å². The summed E-state index contributed by atoms with van der Waals surface area (Å²) in [7, 11) is 1.30. The molecule has 1 heterocycles. The van der Waals surface area contributed by atoms with Crippen LogP contribution in [0, 0.1) is 10.1 Å². The maximum atomic E-state index is 11.9. The Labute approximate surface area is 98.5 Å². The molecule has 0 bridgehead atoms. The fourth-order valence-corrected chi connectivity index (χ4v) is 2.27. The fraction of sp³-hybridized carbons (Fsp3) is 0.800. The Kier molecular flexibility index (Phi) is 2.37. The highest BCUT2D eigenvalue weighted by molar-refractivity contribution is 6.01. The number of nitro groups is 1. The Bertz CT molecular complexity index is 406. The lowest BCUT2D eigenvalue weighted by molar-refractivity contribution is -0.557. The molecule has 94 valence electrons. The van der Waals surface area contributed by atoms with Gasteiger partial charge in [-0.25, -0.2) is 4.79 Å². The standard InChI is InChI=1S/C10H15N3O4/c1-6-10(2,13(16)17)8(14)11(3)9(15)12(6)7-4-5-7/h6-7H,4-5H2,1-3H3. The number of rotatable bonds is 2. The number of carbonyl (C=O) groups is 2. The van der Waals surface area contributed by atoms with Gasteiger partial charge in [-0.2, -0.15) is 0 Å². The van der Waals surface area contributed by atoms with E-state index >= 15 is 0 Å². The summed E-state index contributed by atoms with van der Waals surface area (Å²) in [6.07, 6.45) is 1.71. The first-order valence-electron chi connectivity index (χ1n) is 5.56. The number of carbonyl (C=O) groups excluding carboxylic acids is 2. The molecule has 0 radical (unpaired) electrons. The molecule has 0 spiro atoms. The van der Waals surface area contributed by atoms with Crippen LogP contribution < -0.4 is 0 Å². The molecule has 7 nitrogen and oxygen atoms in total. The summed E-state index contributed by atoms with van der Waals surface area (Å²) in [5.41, 5.74) is -1.74. The molecule has 1 aliphatic carbocycles. The third-order valence-corrected chi connectivity index (χ3v) is 3.80. The smallest absolute Gasteiger partial charge is 0.311 e. The molecule has 2 atom stereocenters. The average Bonchev–Trinajstić information content (AvgIpc) is 3.08. The minimum Gasteiger partial charge on any atom is -0.311 e. The average molecular weight is 241 g/mol. The molecule has 17 heavy (non-hydrogen) atoms. The fourth-order valence-electron chi connectivity index (χ4n) is 2.27. The van der Waals surface area contributed by atoms with Crippen molar-refractivity contribution in [1.29, 1.82) is 0 Å². The van der Waals surface area contributed by atoms with E-state index in [0.29, 0.717) is 0 Å². The number of hydrogen-bond donors (Lipinski definition) is 0. The lowest BCUT2D eigenvalue weighted by Crippen LogP contribution is -2.71. The Hall–Kier alpha value is -1.66. The Morgan fingerprint density at radius 2 is 1.94 bits per heavy atom. The predicted molar refractivity (Wildman–Crippen MR) is 57.9 cm³/mol. The number of imide groups is 1. The summed E-state index contributed by atoms with van der Waals surface area (Å²) in [4.78, 5) is 36.8. The van der Waals surface area contributed by atoms with Crippen LogP contribution in [0.3, 0.4) is 0 Å². The van der Waals surface area contributed by atoms with Crippen molar-refractivity contribution < 1.29 is 14.5 Å². The molecule has 2 aliphatic rings. The molecular formula is C10H15N3O4. The van der Waals surface area contributed by atoms with Crippen molar-refractivity contribution in [3.8, 4) is 0 Å². The van der Waals surface area contributed by atoms with E-state index in [-0.39, 0.29) is 6.04 Å². The predicted octanol–water partition coefficient (Wildman–Crippen LogP) is 0.467. The zero-order valence-corrected chi connectivity index (χ0v) is 10.0. The zero-order chi connectivity index (χ0) is 13.0. The molecule has 2 unspecified atom stereocenters. The monoisotopic (exact) mass is 241 g/mol. The number of hydrogen-bond acceptors (Lipinski definition) is 4. The van der Waals surface area contributed by atoms with E-state index < -0.39 is 28.4 Å². The Balaban J connectivity index is 2.43. The summed E-state index contributed by atoms with van der Waals surface area (Å²) >= 11 is 0. The summed E-state index contributed by atoms with van der Waals surface area (Å²) in [6, 6.07) is -1.09. The van der Waals surface area contributed by atoms with E-state index in [1.165, 1.54) is 18.9 Å². The van der Waals surface area contributed by atoms with Gasteiger partial charge < -0.3 is 4.90 Å². The second-order valence-electron chi connectivity index (χ2n) is 4.87. The second kappa shape index (κ2) is 3.41. The minimum absolute atomic E-state index is 0.0484. The van der Waals surface area contributed by atoms with Gasteiger partial charge in [0.05, 0.1) is 0 Å². The third kappa shape index (κ3) is 1.41. The van der Waals surface area contributed by atoms with E-state index in [1.54, 1.807) is 6.92 Å². The van der Waals surface area contributed by atoms with Crippen LogP contribution in [0.4, 0.5) is 4.79 Å². The lowest BCUT2D eigenvalue weighted by atomic mass is 9.89. The van der Waals surface area contributed by atoms with Crippen LogP contribution in [-0.2, 0) is 4.79 Å². The number of amides is 3. The summed E-state index contributed by atoms with van der Waals surface area (Å²) < 4.78 is 0. The normalized spacial score (nSPS) is 34.2. The molecule has 7 heteroatoms. The van der Waals surface area contributed by atoms with Gasteiger partial charge in [-0.3, -0.25) is 19.8 Å². The highest BCUT2D eigenvalue weighted by Crippen LogP contribution is 2.37. The molecule has 3 amide bonds. The molecule has 2 rings (SSSR count). The molecular weight excluding hydrogens is 226 g/mol. The van der Waals surface area contributed by atoms with Crippen molar-refractivity contribution in [3.63, 3.8) is 0 Å². The van der Waals surface area contributed by atoms with Crippen LogP contribution in [0.25, 0.3) is 0 Å². The topological polar surface area (TPSA) is 83.8 Å². The highest BCUT2D eigenvalue weighted by Gasteiger charge is 2.62. The van der Waals surface area contributed by atoms with E-state index in [0.717, 1.165) is 17.7 Å². The van der Waals surface area contributed by atoms with Gasteiger partial charge in [0.15, 0.2) is 0 Å². The van der Waals surface area contributed by atoms with Gasteiger partial charge in [-0.1, -0.05) is 0 Å². The lowest BCUT2D eigenvalue weighted by Gasteiger charge is -2.43. The van der Waals surface area contributed by atoms with Crippen LogP contribution in [0.1, 0.15) is 26.7 Å².